The molecule has 2 N–H and O–H groups in total. The first-order chi connectivity index (χ1) is 18.6. The average Bonchev–Trinajstić information content (AvgIpc) is 3.55. The standard InChI is InChI=1S/C28H30N6O5/c1-27(2)15-33(13-17-3-5-18(6-4-17)25-32-29-16-39-25)12-11-28(27,38)22-9-7-19-20(30-22)14-34(26(19)37)21-8-10-23(35)31-24(21)36/h3-7,9,16,21,38H,8,10-15H2,1-2H3,(H,31,35,36)/t21-,28-/m0/s1. The van der Waals surface area contributed by atoms with Crippen molar-refractivity contribution in [3.05, 3.63) is 65.3 Å². The molecule has 39 heavy (non-hydrogen) atoms. The number of nitrogens with zero attached hydrogens (tertiary/aromatic N) is 5. The van der Waals surface area contributed by atoms with Crippen molar-refractivity contribution >= 4 is 17.7 Å². The lowest BCUT2D eigenvalue weighted by molar-refractivity contribution is -0.137. The molecule has 11 nitrogen and oxygen atoms in total. The fourth-order valence-electron chi connectivity index (χ4n) is 6.01. The lowest BCUT2D eigenvalue weighted by Gasteiger charge is -2.50. The third kappa shape index (κ3) is 4.41. The second-order valence-corrected chi connectivity index (χ2v) is 11.2. The minimum Gasteiger partial charge on any atom is -0.423 e. The van der Waals surface area contributed by atoms with E-state index >= 15 is 0 Å². The van der Waals surface area contributed by atoms with Crippen molar-refractivity contribution in [1.29, 1.82) is 0 Å². The van der Waals surface area contributed by atoms with Crippen LogP contribution in [0, 0.1) is 5.41 Å². The molecule has 1 aromatic carbocycles. The summed E-state index contributed by atoms with van der Waals surface area (Å²) in [7, 11) is 0. The largest absolute Gasteiger partial charge is 0.423 e. The molecule has 3 aromatic rings. The molecule has 2 fully saturated rings. The Hall–Kier alpha value is -3.96. The van der Waals surface area contributed by atoms with Crippen LogP contribution in [-0.2, 0) is 28.3 Å². The van der Waals surface area contributed by atoms with Gasteiger partial charge in [0.15, 0.2) is 0 Å². The van der Waals surface area contributed by atoms with Crippen LogP contribution in [0.15, 0.2) is 47.2 Å². The fourth-order valence-corrected chi connectivity index (χ4v) is 6.01. The van der Waals surface area contributed by atoms with Gasteiger partial charge < -0.3 is 14.4 Å². The minimum absolute atomic E-state index is 0.177. The zero-order chi connectivity index (χ0) is 27.4. The van der Waals surface area contributed by atoms with Gasteiger partial charge in [-0.15, -0.1) is 10.2 Å². The summed E-state index contributed by atoms with van der Waals surface area (Å²) in [6, 6.07) is 10.7. The van der Waals surface area contributed by atoms with Gasteiger partial charge in [-0.05, 0) is 42.7 Å². The third-order valence-electron chi connectivity index (χ3n) is 8.29. The molecule has 3 aliphatic heterocycles. The molecule has 202 valence electrons. The topological polar surface area (TPSA) is 142 Å². The van der Waals surface area contributed by atoms with Crippen LogP contribution in [0.2, 0.25) is 0 Å². The Morgan fingerprint density at radius 2 is 1.92 bits per heavy atom. The number of hydrogen-bond acceptors (Lipinski definition) is 9. The van der Waals surface area contributed by atoms with E-state index in [9.17, 15) is 19.5 Å². The van der Waals surface area contributed by atoms with Crippen molar-refractivity contribution in [2.45, 2.75) is 57.8 Å². The predicted molar refractivity (Wildman–Crippen MR) is 138 cm³/mol. The van der Waals surface area contributed by atoms with E-state index in [2.05, 4.69) is 20.4 Å². The number of benzene rings is 1. The Labute approximate surface area is 225 Å². The first-order valence-corrected chi connectivity index (χ1v) is 13.1. The summed E-state index contributed by atoms with van der Waals surface area (Å²) < 4.78 is 5.26. The van der Waals surface area contributed by atoms with E-state index in [1.54, 1.807) is 12.1 Å². The molecule has 6 rings (SSSR count). The second-order valence-electron chi connectivity index (χ2n) is 11.2. The van der Waals surface area contributed by atoms with E-state index in [1.165, 1.54) is 11.3 Å². The number of hydrogen-bond donors (Lipinski definition) is 2. The first-order valence-electron chi connectivity index (χ1n) is 13.1. The zero-order valence-electron chi connectivity index (χ0n) is 21.9. The number of nitrogens with one attached hydrogen (secondary N) is 1. The molecule has 0 radical (unpaired) electrons. The van der Waals surface area contributed by atoms with Crippen molar-refractivity contribution in [2.24, 2.45) is 5.41 Å². The number of fused-ring (bicyclic) bond motifs is 1. The van der Waals surface area contributed by atoms with Crippen LogP contribution in [0.1, 0.15) is 60.4 Å². The SMILES string of the molecule is CC1(C)CN(Cc2ccc(-c3nnco3)cc2)CC[C@]1(O)c1ccc2c(n1)CN([C@H]1CCC(=O)NC1=O)C2=O. The molecule has 0 saturated carbocycles. The summed E-state index contributed by atoms with van der Waals surface area (Å²) in [5.74, 6) is -0.569. The van der Waals surface area contributed by atoms with Crippen LogP contribution in [-0.4, -0.2) is 66.9 Å². The van der Waals surface area contributed by atoms with E-state index in [1.807, 2.05) is 38.1 Å². The Bertz CT molecular complexity index is 1440. The van der Waals surface area contributed by atoms with Gasteiger partial charge in [0.05, 0.1) is 23.5 Å². The molecule has 2 aromatic heterocycles. The van der Waals surface area contributed by atoms with Gasteiger partial charge in [0, 0.05) is 37.0 Å². The predicted octanol–water partition coefficient (Wildman–Crippen LogP) is 2.01. The van der Waals surface area contributed by atoms with E-state index in [4.69, 9.17) is 9.40 Å². The highest BCUT2D eigenvalue weighted by atomic mass is 16.4. The number of aliphatic hydroxyl groups is 1. The van der Waals surface area contributed by atoms with E-state index < -0.39 is 23.0 Å². The summed E-state index contributed by atoms with van der Waals surface area (Å²) in [5, 5.41) is 22.0. The lowest BCUT2D eigenvalue weighted by Crippen LogP contribution is -2.55. The van der Waals surface area contributed by atoms with E-state index in [-0.39, 0.29) is 24.8 Å². The van der Waals surface area contributed by atoms with Gasteiger partial charge in [-0.1, -0.05) is 26.0 Å². The van der Waals surface area contributed by atoms with Crippen molar-refractivity contribution in [2.75, 3.05) is 13.1 Å². The van der Waals surface area contributed by atoms with Gasteiger partial charge in [0.1, 0.15) is 11.6 Å². The molecular formula is C28H30N6O5. The molecule has 2 saturated heterocycles. The number of amides is 3. The van der Waals surface area contributed by atoms with Gasteiger partial charge >= 0.3 is 0 Å². The van der Waals surface area contributed by atoms with Crippen molar-refractivity contribution < 1.29 is 23.9 Å². The molecular weight excluding hydrogens is 500 g/mol. The number of imide groups is 1. The highest BCUT2D eigenvalue weighted by molar-refractivity contribution is 6.05. The van der Waals surface area contributed by atoms with Gasteiger partial charge in [-0.25, -0.2) is 0 Å². The quantitative estimate of drug-likeness (QED) is 0.474. The highest BCUT2D eigenvalue weighted by Gasteiger charge is 2.50. The number of likely N-dealkylation sites (tertiary alicyclic amines) is 1. The molecule has 5 heterocycles. The van der Waals surface area contributed by atoms with Gasteiger partial charge in [0.25, 0.3) is 5.91 Å². The first kappa shape index (κ1) is 25.3. The van der Waals surface area contributed by atoms with Crippen molar-refractivity contribution in [1.82, 2.24) is 30.3 Å². The lowest BCUT2D eigenvalue weighted by atomic mass is 9.68. The number of piperidine rings is 2. The van der Waals surface area contributed by atoms with E-state index in [0.717, 1.165) is 17.7 Å². The minimum atomic E-state index is -1.19. The Morgan fingerprint density at radius 3 is 2.62 bits per heavy atom. The second kappa shape index (κ2) is 9.35. The Kier molecular flexibility index (Phi) is 6.07. The van der Waals surface area contributed by atoms with Crippen LogP contribution in [0.5, 0.6) is 0 Å². The number of aromatic nitrogens is 3. The fraction of sp³-hybridized carbons (Fsp3) is 0.429. The maximum absolute atomic E-state index is 13.1. The number of carbonyl (C=O) groups excluding carboxylic acids is 3. The molecule has 3 aliphatic rings. The normalized spacial score (nSPS) is 25.1. The monoisotopic (exact) mass is 530 g/mol. The summed E-state index contributed by atoms with van der Waals surface area (Å²) in [6.45, 7) is 6.30. The molecule has 0 bridgehead atoms. The molecule has 2 atom stereocenters. The third-order valence-corrected chi connectivity index (χ3v) is 8.29. The molecule has 0 unspecified atom stereocenters. The Morgan fingerprint density at radius 1 is 1.13 bits per heavy atom. The molecule has 0 spiro atoms. The molecule has 0 aliphatic carbocycles. The molecule has 11 heteroatoms. The van der Waals surface area contributed by atoms with Crippen LogP contribution in [0.25, 0.3) is 11.5 Å². The summed E-state index contributed by atoms with van der Waals surface area (Å²) in [5.41, 5.74) is 1.81. The number of carbonyl (C=O) groups is 3. The smallest absolute Gasteiger partial charge is 0.256 e. The van der Waals surface area contributed by atoms with Crippen molar-refractivity contribution in [3.63, 3.8) is 0 Å². The Balaban J connectivity index is 1.16. The summed E-state index contributed by atoms with van der Waals surface area (Å²) >= 11 is 0. The number of pyridine rings is 1. The zero-order valence-corrected chi connectivity index (χ0v) is 21.9. The highest BCUT2D eigenvalue weighted by Crippen LogP contribution is 2.46. The van der Waals surface area contributed by atoms with Crippen molar-refractivity contribution in [3.8, 4) is 11.5 Å². The van der Waals surface area contributed by atoms with Gasteiger partial charge in [0.2, 0.25) is 24.1 Å². The summed E-state index contributed by atoms with van der Waals surface area (Å²) in [6.07, 6.45) is 2.28. The number of rotatable bonds is 5. The van der Waals surface area contributed by atoms with Gasteiger partial charge in [-0.3, -0.25) is 29.6 Å². The average molecular weight is 531 g/mol. The van der Waals surface area contributed by atoms with Crippen LogP contribution < -0.4 is 5.32 Å². The van der Waals surface area contributed by atoms with Crippen LogP contribution in [0.3, 0.4) is 0 Å². The maximum Gasteiger partial charge on any atom is 0.256 e. The summed E-state index contributed by atoms with van der Waals surface area (Å²) in [4.78, 5) is 45.5. The maximum atomic E-state index is 13.1. The van der Waals surface area contributed by atoms with E-state index in [0.29, 0.717) is 48.8 Å². The van der Waals surface area contributed by atoms with Crippen LogP contribution >= 0.6 is 0 Å². The van der Waals surface area contributed by atoms with Crippen LogP contribution in [0.4, 0.5) is 0 Å². The molecule has 3 amide bonds. The van der Waals surface area contributed by atoms with Gasteiger partial charge in [-0.2, -0.15) is 0 Å².